The number of esters is 1. The van der Waals surface area contributed by atoms with E-state index in [0.717, 1.165) is 41.9 Å². The van der Waals surface area contributed by atoms with E-state index in [1.807, 2.05) is 66.7 Å². The first-order chi connectivity index (χ1) is 33.0. The largest absolute Gasteiger partial charge is 0.506 e. The number of aryl methyl sites for hydroxylation is 2. The molecule has 0 spiro atoms. The van der Waals surface area contributed by atoms with Crippen LogP contribution < -0.4 is 15.0 Å². The molecule has 0 amide bonds. The lowest BCUT2D eigenvalue weighted by Crippen LogP contribution is -2.43. The lowest BCUT2D eigenvalue weighted by Gasteiger charge is -2.34. The van der Waals surface area contributed by atoms with Gasteiger partial charge in [0, 0.05) is 49.5 Å². The van der Waals surface area contributed by atoms with E-state index in [4.69, 9.17) is 14.2 Å². The molecule has 358 valence electrons. The number of rotatable bonds is 20. The van der Waals surface area contributed by atoms with Gasteiger partial charge >= 0.3 is 5.97 Å². The number of carbonyl (C=O) groups is 2. The Morgan fingerprint density at radius 2 is 1.46 bits per heavy atom. The van der Waals surface area contributed by atoms with Gasteiger partial charge in [-0.1, -0.05) is 115 Å². The number of pyridine rings is 1. The first kappa shape index (κ1) is 50.2. The van der Waals surface area contributed by atoms with Gasteiger partial charge in [-0.3, -0.25) is 14.5 Å². The molecule has 4 N–H and O–H groups in total. The number of likely N-dealkylation sites (tertiary alicyclic amines) is 1. The zero-order valence-electron chi connectivity index (χ0n) is 38.8. The maximum absolute atomic E-state index is 14.0. The summed E-state index contributed by atoms with van der Waals surface area (Å²) in [6.45, 7) is 2.68. The highest BCUT2D eigenvalue weighted by atomic mass is 32.1. The van der Waals surface area contributed by atoms with E-state index in [0.29, 0.717) is 84.0 Å². The highest BCUT2D eigenvalue weighted by Gasteiger charge is 2.43. The minimum absolute atomic E-state index is 0. The van der Waals surface area contributed by atoms with E-state index in [2.05, 4.69) is 22.0 Å². The first-order valence-electron chi connectivity index (χ1n) is 23.3. The van der Waals surface area contributed by atoms with Crippen LogP contribution >= 0.6 is 13.5 Å². The normalized spacial score (nSPS) is 14.3. The zero-order chi connectivity index (χ0) is 47.5. The molecule has 1 aromatic heterocycles. The van der Waals surface area contributed by atoms with Crippen molar-refractivity contribution in [1.82, 2.24) is 9.88 Å². The van der Waals surface area contributed by atoms with Gasteiger partial charge in [0.1, 0.15) is 35.7 Å². The second-order valence-corrected chi connectivity index (χ2v) is 17.6. The van der Waals surface area contributed by atoms with Crippen LogP contribution in [0.4, 0.5) is 0 Å². The number of ketones is 1. The van der Waals surface area contributed by atoms with E-state index >= 15 is 0 Å². The molecule has 7 aromatic rings. The number of aromatic nitrogens is 1. The Kier molecular flexibility index (Phi) is 17.1. The van der Waals surface area contributed by atoms with Crippen LogP contribution in [0.1, 0.15) is 82.7 Å². The van der Waals surface area contributed by atoms with Gasteiger partial charge in [-0.05, 0) is 108 Å². The van der Waals surface area contributed by atoms with Crippen LogP contribution in [0.25, 0.3) is 10.9 Å². The molecule has 0 aliphatic carbocycles. The number of nitrogens with one attached hydrogen (secondary N) is 1. The number of hydrogen-bond acceptors (Lipinski definition) is 10. The number of aliphatic hydroxyl groups excluding tert-OH is 1. The molecule has 0 bridgehead atoms. The summed E-state index contributed by atoms with van der Waals surface area (Å²) in [6, 6.07) is 46.1. The first-order valence-corrected chi connectivity index (χ1v) is 23.3. The summed E-state index contributed by atoms with van der Waals surface area (Å²) in [5.41, 5.74) is 4.39. The predicted octanol–water partition coefficient (Wildman–Crippen LogP) is 9.18. The Morgan fingerprint density at radius 1 is 0.768 bits per heavy atom. The number of benzene rings is 6. The van der Waals surface area contributed by atoms with Crippen molar-refractivity contribution in [2.75, 3.05) is 20.2 Å². The van der Waals surface area contributed by atoms with E-state index < -0.39 is 17.7 Å². The Balaban J connectivity index is 0.00000703. The number of H-pyrrole nitrogens is 1. The van der Waals surface area contributed by atoms with Gasteiger partial charge in [-0.15, -0.1) is 0 Å². The quantitative estimate of drug-likeness (QED) is 0.0543. The fraction of sp³-hybridized carbons (Fsp3) is 0.281. The maximum Gasteiger partial charge on any atom is 0.347 e. The summed E-state index contributed by atoms with van der Waals surface area (Å²) in [5, 5.41) is 34.1. The van der Waals surface area contributed by atoms with Crippen LogP contribution in [0.5, 0.6) is 17.2 Å². The molecule has 2 heterocycles. The molecular weight excluding hydrogens is 889 g/mol. The Hall–Kier alpha value is -6.70. The van der Waals surface area contributed by atoms with Gasteiger partial charge in [0.2, 0.25) is 11.2 Å². The highest BCUT2D eigenvalue weighted by molar-refractivity contribution is 7.59. The Bertz CT molecular complexity index is 2870. The van der Waals surface area contributed by atoms with E-state index in [9.17, 15) is 29.7 Å². The molecule has 11 nitrogen and oxygen atoms in total. The van der Waals surface area contributed by atoms with Crippen molar-refractivity contribution < 1.29 is 39.1 Å². The minimum atomic E-state index is -2.04. The number of aromatic hydroxyl groups is 1. The van der Waals surface area contributed by atoms with Gasteiger partial charge in [0.25, 0.3) is 0 Å². The number of aromatic amines is 1. The molecule has 8 rings (SSSR count). The summed E-state index contributed by atoms with van der Waals surface area (Å²) in [6.07, 6.45) is 3.28. The predicted molar refractivity (Wildman–Crippen MR) is 272 cm³/mol. The Labute approximate surface area is 409 Å². The second kappa shape index (κ2) is 23.5. The van der Waals surface area contributed by atoms with Crippen LogP contribution in [0.15, 0.2) is 156 Å². The number of phenols is 1. The fourth-order valence-corrected chi connectivity index (χ4v) is 9.02. The van der Waals surface area contributed by atoms with Crippen LogP contribution in [0.3, 0.4) is 0 Å². The number of phenolic OH excluding ortho intramolecular Hbond substituents is 1. The number of carbonyl (C=O) groups excluding carboxylic acids is 2. The number of Topliss-reactive ketones (excluding diaryl/α,β-unsaturated/α-hetero) is 1. The highest BCUT2D eigenvalue weighted by Crippen LogP contribution is 2.35. The third-order valence-corrected chi connectivity index (χ3v) is 12.9. The molecule has 1 saturated heterocycles. The summed E-state index contributed by atoms with van der Waals surface area (Å²) < 4.78 is 18.0. The van der Waals surface area contributed by atoms with Crippen LogP contribution in [-0.2, 0) is 52.3 Å². The third kappa shape index (κ3) is 12.7. The number of hydrogen-bond donors (Lipinski definition) is 4. The molecule has 12 heteroatoms. The van der Waals surface area contributed by atoms with Crippen molar-refractivity contribution in [3.63, 3.8) is 0 Å². The lowest BCUT2D eigenvalue weighted by atomic mass is 9.86. The van der Waals surface area contributed by atoms with Gasteiger partial charge in [-0.25, -0.2) is 4.79 Å². The van der Waals surface area contributed by atoms with Gasteiger partial charge in [0.05, 0.1) is 18.7 Å². The smallest absolute Gasteiger partial charge is 0.347 e. The van der Waals surface area contributed by atoms with Crippen molar-refractivity contribution in [2.24, 2.45) is 0 Å². The summed E-state index contributed by atoms with van der Waals surface area (Å²) in [4.78, 5) is 43.9. The standard InChI is InChI=1S/C57H58N2O9.H2S/c1-66-53-35-42(22-24-43(53)12-8-17-51(61)49-26-28-52(62)55-50(49)27-29-54(63)58-55)34-46(60)25-23-39-18-20-41(21-19-39)38-67-48-16-9-15-45(36-48)57(65,44-13-6-3-7-14-44)56(64)68-47-30-32-59(33-31-47)37-40-10-4-2-5-11-40;/h2-7,9-11,13-16,18-22,24,26-29,35-36,47,51,61-62,65H,8,12,17,23,25,30-34,37-38H2,1H3,(H,58,63);1H2/t51-,57-;/m0./s1. The SMILES string of the molecule is COc1cc(CC(=O)CCc2ccc(COc3cccc([C@](O)(C(=O)OC4CCN(Cc5ccccc5)CC4)c4ccccc4)c3)cc2)ccc1CCC[C@H](O)c1ccc(O)c2[nH]c(=O)ccc12.S. The maximum atomic E-state index is 14.0. The molecule has 6 aromatic carbocycles. The van der Waals surface area contributed by atoms with Crippen molar-refractivity contribution in [3.8, 4) is 17.2 Å². The van der Waals surface area contributed by atoms with Gasteiger partial charge in [-0.2, -0.15) is 13.5 Å². The summed E-state index contributed by atoms with van der Waals surface area (Å²) in [5.74, 6) is 0.545. The monoisotopic (exact) mass is 948 g/mol. The van der Waals surface area contributed by atoms with Crippen molar-refractivity contribution in [1.29, 1.82) is 0 Å². The number of ether oxygens (including phenoxy) is 3. The molecule has 2 atom stereocenters. The Morgan fingerprint density at radius 3 is 2.20 bits per heavy atom. The van der Waals surface area contributed by atoms with Crippen LogP contribution in [0, 0.1) is 0 Å². The van der Waals surface area contributed by atoms with E-state index in [-0.39, 0.29) is 49.7 Å². The lowest BCUT2D eigenvalue weighted by molar-refractivity contribution is -0.170. The molecule has 0 saturated carbocycles. The molecule has 0 unspecified atom stereocenters. The third-order valence-electron chi connectivity index (χ3n) is 12.9. The minimum Gasteiger partial charge on any atom is -0.506 e. The van der Waals surface area contributed by atoms with Gasteiger partial charge < -0.3 is 34.5 Å². The topological polar surface area (TPSA) is 159 Å². The average molecular weight is 949 g/mol. The van der Waals surface area contributed by atoms with E-state index in [1.54, 1.807) is 67.8 Å². The van der Waals surface area contributed by atoms with Crippen LogP contribution in [0.2, 0.25) is 0 Å². The molecule has 0 radical (unpaired) electrons. The fourth-order valence-electron chi connectivity index (χ4n) is 9.02. The number of aliphatic hydroxyl groups is 2. The number of methoxy groups -OCH3 is 1. The summed E-state index contributed by atoms with van der Waals surface area (Å²) in [7, 11) is 1.61. The average Bonchev–Trinajstić information content (AvgIpc) is 3.37. The molecule has 1 fully saturated rings. The number of fused-ring (bicyclic) bond motifs is 1. The van der Waals surface area contributed by atoms with Crippen molar-refractivity contribution in [2.45, 2.75) is 82.3 Å². The number of piperidine rings is 1. The molecule has 1 aliphatic rings. The molecule has 69 heavy (non-hydrogen) atoms. The summed E-state index contributed by atoms with van der Waals surface area (Å²) >= 11 is 0. The molecule has 1 aliphatic heterocycles. The van der Waals surface area contributed by atoms with Crippen LogP contribution in [-0.4, -0.2) is 63.3 Å². The van der Waals surface area contributed by atoms with E-state index in [1.165, 1.54) is 17.7 Å². The van der Waals surface area contributed by atoms with Gasteiger partial charge in [0.15, 0.2) is 0 Å². The second-order valence-electron chi connectivity index (χ2n) is 17.6. The number of nitrogens with zero attached hydrogens (tertiary/aromatic N) is 1. The zero-order valence-corrected chi connectivity index (χ0v) is 39.8. The molecular formula is C57H60N2O9S. The van der Waals surface area contributed by atoms with Crippen molar-refractivity contribution >= 4 is 36.2 Å². The van der Waals surface area contributed by atoms with Crippen molar-refractivity contribution in [3.05, 3.63) is 207 Å².